The zero-order chi connectivity index (χ0) is 12.9. The Kier molecular flexibility index (Phi) is 12.3. The second-order valence-electron chi connectivity index (χ2n) is 4.97. The Hall–Kier alpha value is -0.0800. The van der Waals surface area contributed by atoms with Crippen LogP contribution < -0.4 is 5.32 Å². The van der Waals surface area contributed by atoms with Crippen molar-refractivity contribution in [2.45, 2.75) is 72.3 Å². The minimum Gasteiger partial charge on any atom is -0.377 e. The molecule has 1 N–H and O–H groups in total. The zero-order valence-corrected chi connectivity index (χ0v) is 12.4. The standard InChI is InChI=1S/C15H33NO/c1-5-9-11-14(7-3)13-17-15(10-6-2)12-16-8-4/h14-16H,5-13H2,1-4H3. The highest BCUT2D eigenvalue weighted by molar-refractivity contribution is 4.63. The molecule has 0 rings (SSSR count). The number of hydrogen-bond donors (Lipinski definition) is 1. The van der Waals surface area contributed by atoms with Gasteiger partial charge in [0.25, 0.3) is 0 Å². The van der Waals surface area contributed by atoms with Gasteiger partial charge >= 0.3 is 0 Å². The normalized spacial score (nSPS) is 14.8. The molecule has 0 spiro atoms. The summed E-state index contributed by atoms with van der Waals surface area (Å²) in [4.78, 5) is 0. The third kappa shape index (κ3) is 9.61. The Balaban J connectivity index is 3.81. The van der Waals surface area contributed by atoms with E-state index in [4.69, 9.17) is 4.74 Å². The Morgan fingerprint density at radius 2 is 1.76 bits per heavy atom. The van der Waals surface area contributed by atoms with E-state index in [1.54, 1.807) is 0 Å². The van der Waals surface area contributed by atoms with Gasteiger partial charge < -0.3 is 10.1 Å². The minimum atomic E-state index is 0.413. The summed E-state index contributed by atoms with van der Waals surface area (Å²) in [5, 5.41) is 3.39. The van der Waals surface area contributed by atoms with Crippen molar-refractivity contribution in [1.29, 1.82) is 0 Å². The minimum absolute atomic E-state index is 0.413. The largest absolute Gasteiger partial charge is 0.377 e. The van der Waals surface area contributed by atoms with Gasteiger partial charge in [-0.25, -0.2) is 0 Å². The van der Waals surface area contributed by atoms with E-state index in [-0.39, 0.29) is 0 Å². The van der Waals surface area contributed by atoms with Crippen LogP contribution in [0.3, 0.4) is 0 Å². The molecule has 2 unspecified atom stereocenters. The summed E-state index contributed by atoms with van der Waals surface area (Å²) in [5.74, 6) is 0.760. The molecule has 2 atom stereocenters. The van der Waals surface area contributed by atoms with Crippen LogP contribution in [0, 0.1) is 5.92 Å². The first kappa shape index (κ1) is 16.9. The lowest BCUT2D eigenvalue weighted by atomic mass is 10.0. The molecule has 0 aliphatic heterocycles. The van der Waals surface area contributed by atoms with E-state index in [0.717, 1.165) is 25.6 Å². The van der Waals surface area contributed by atoms with Gasteiger partial charge in [0.1, 0.15) is 0 Å². The summed E-state index contributed by atoms with van der Waals surface area (Å²) in [7, 11) is 0. The van der Waals surface area contributed by atoms with Crippen molar-refractivity contribution in [3.8, 4) is 0 Å². The van der Waals surface area contributed by atoms with Gasteiger partial charge in [0.15, 0.2) is 0 Å². The molecule has 0 saturated carbocycles. The lowest BCUT2D eigenvalue weighted by molar-refractivity contribution is 0.0213. The van der Waals surface area contributed by atoms with E-state index in [1.165, 1.54) is 38.5 Å². The molecule has 0 bridgehead atoms. The highest BCUT2D eigenvalue weighted by atomic mass is 16.5. The predicted molar refractivity (Wildman–Crippen MR) is 76.5 cm³/mol. The first-order valence-corrected chi connectivity index (χ1v) is 7.60. The van der Waals surface area contributed by atoms with Gasteiger partial charge in [-0.05, 0) is 25.3 Å². The lowest BCUT2D eigenvalue weighted by Crippen LogP contribution is -2.30. The summed E-state index contributed by atoms with van der Waals surface area (Å²) in [6.45, 7) is 11.9. The van der Waals surface area contributed by atoms with Crippen LogP contribution in [0.25, 0.3) is 0 Å². The summed E-state index contributed by atoms with van der Waals surface area (Å²) in [6, 6.07) is 0. The van der Waals surface area contributed by atoms with Crippen molar-refractivity contribution in [3.63, 3.8) is 0 Å². The molecule has 0 aliphatic rings. The van der Waals surface area contributed by atoms with Gasteiger partial charge in [-0.15, -0.1) is 0 Å². The van der Waals surface area contributed by atoms with Crippen LogP contribution in [0.5, 0.6) is 0 Å². The van der Waals surface area contributed by atoms with Crippen LogP contribution in [-0.4, -0.2) is 25.8 Å². The maximum atomic E-state index is 6.07. The summed E-state index contributed by atoms with van der Waals surface area (Å²) in [5.41, 5.74) is 0. The van der Waals surface area contributed by atoms with E-state index in [0.29, 0.717) is 6.10 Å². The second kappa shape index (κ2) is 12.4. The van der Waals surface area contributed by atoms with Crippen molar-refractivity contribution in [1.82, 2.24) is 5.32 Å². The smallest absolute Gasteiger partial charge is 0.0699 e. The number of nitrogens with one attached hydrogen (secondary N) is 1. The molecular formula is C15H33NO. The van der Waals surface area contributed by atoms with Crippen molar-refractivity contribution < 1.29 is 4.74 Å². The Morgan fingerprint density at radius 3 is 2.29 bits per heavy atom. The van der Waals surface area contributed by atoms with E-state index in [1.807, 2.05) is 0 Å². The summed E-state index contributed by atoms with van der Waals surface area (Å²) in [6.07, 6.45) is 8.02. The van der Waals surface area contributed by atoms with Crippen LogP contribution in [-0.2, 0) is 4.74 Å². The van der Waals surface area contributed by atoms with Crippen molar-refractivity contribution in [2.24, 2.45) is 5.92 Å². The van der Waals surface area contributed by atoms with Crippen LogP contribution in [0.4, 0.5) is 0 Å². The number of hydrogen-bond acceptors (Lipinski definition) is 2. The molecule has 2 nitrogen and oxygen atoms in total. The predicted octanol–water partition coefficient (Wildman–Crippen LogP) is 4.00. The highest BCUT2D eigenvalue weighted by Gasteiger charge is 2.11. The van der Waals surface area contributed by atoms with Gasteiger partial charge in [-0.2, -0.15) is 0 Å². The van der Waals surface area contributed by atoms with E-state index >= 15 is 0 Å². The SMILES string of the molecule is CCCCC(CC)COC(CCC)CNCC. The Bertz CT molecular complexity index is 150. The third-order valence-electron chi connectivity index (χ3n) is 3.34. The van der Waals surface area contributed by atoms with Crippen molar-refractivity contribution >= 4 is 0 Å². The van der Waals surface area contributed by atoms with Gasteiger partial charge in [-0.3, -0.25) is 0 Å². The fourth-order valence-corrected chi connectivity index (χ4v) is 2.04. The molecular weight excluding hydrogens is 210 g/mol. The van der Waals surface area contributed by atoms with Crippen LogP contribution in [0.1, 0.15) is 66.2 Å². The molecule has 0 aromatic rings. The van der Waals surface area contributed by atoms with Crippen LogP contribution in [0.15, 0.2) is 0 Å². The molecule has 0 amide bonds. The molecule has 0 radical (unpaired) electrons. The number of unbranched alkanes of at least 4 members (excludes halogenated alkanes) is 1. The van der Waals surface area contributed by atoms with Crippen molar-refractivity contribution in [3.05, 3.63) is 0 Å². The van der Waals surface area contributed by atoms with Crippen LogP contribution in [0.2, 0.25) is 0 Å². The highest BCUT2D eigenvalue weighted by Crippen LogP contribution is 2.14. The maximum Gasteiger partial charge on any atom is 0.0699 e. The molecule has 0 aliphatic carbocycles. The topological polar surface area (TPSA) is 21.3 Å². The van der Waals surface area contributed by atoms with Gasteiger partial charge in [0, 0.05) is 13.2 Å². The Labute approximate surface area is 109 Å². The van der Waals surface area contributed by atoms with E-state index in [2.05, 4.69) is 33.0 Å². The maximum absolute atomic E-state index is 6.07. The fraction of sp³-hybridized carbons (Fsp3) is 1.00. The Morgan fingerprint density at radius 1 is 1.00 bits per heavy atom. The average Bonchev–Trinajstić information content (AvgIpc) is 2.35. The zero-order valence-electron chi connectivity index (χ0n) is 12.4. The van der Waals surface area contributed by atoms with E-state index in [9.17, 15) is 0 Å². The monoisotopic (exact) mass is 243 g/mol. The van der Waals surface area contributed by atoms with Gasteiger partial charge in [0.05, 0.1) is 6.10 Å². The van der Waals surface area contributed by atoms with Crippen molar-refractivity contribution in [2.75, 3.05) is 19.7 Å². The number of ether oxygens (including phenoxy) is 1. The first-order chi connectivity index (χ1) is 8.28. The second-order valence-corrected chi connectivity index (χ2v) is 4.97. The average molecular weight is 243 g/mol. The van der Waals surface area contributed by atoms with Crippen LogP contribution >= 0.6 is 0 Å². The van der Waals surface area contributed by atoms with E-state index < -0.39 is 0 Å². The van der Waals surface area contributed by atoms with Gasteiger partial charge in [-0.1, -0.05) is 53.4 Å². The van der Waals surface area contributed by atoms with Gasteiger partial charge in [0.2, 0.25) is 0 Å². The fourth-order valence-electron chi connectivity index (χ4n) is 2.04. The molecule has 0 fully saturated rings. The number of likely N-dealkylation sites (N-methyl/N-ethyl adjacent to an activating group) is 1. The third-order valence-corrected chi connectivity index (χ3v) is 3.34. The summed E-state index contributed by atoms with van der Waals surface area (Å²) >= 11 is 0. The molecule has 2 heteroatoms. The molecule has 104 valence electrons. The quantitative estimate of drug-likeness (QED) is 0.559. The molecule has 0 saturated heterocycles. The molecule has 17 heavy (non-hydrogen) atoms. The number of rotatable bonds is 12. The molecule has 0 heterocycles. The first-order valence-electron chi connectivity index (χ1n) is 7.60. The lowest BCUT2D eigenvalue weighted by Gasteiger charge is -2.21. The summed E-state index contributed by atoms with van der Waals surface area (Å²) < 4.78 is 6.07. The molecule has 0 aromatic heterocycles. The molecule has 0 aromatic carbocycles.